The number of nitrogens with one attached hydrogen (secondary N) is 1. The molecule has 0 spiro atoms. The molecule has 19 heavy (non-hydrogen) atoms. The summed E-state index contributed by atoms with van der Waals surface area (Å²) in [5.41, 5.74) is 0.737. The highest BCUT2D eigenvalue weighted by atomic mass is 16.2. The van der Waals surface area contributed by atoms with Crippen molar-refractivity contribution in [3.8, 4) is 0 Å². The smallest absolute Gasteiger partial charge is 0.246 e. The maximum atomic E-state index is 12.3. The van der Waals surface area contributed by atoms with E-state index in [1.165, 1.54) is 6.33 Å². The first-order valence-corrected chi connectivity index (χ1v) is 6.45. The van der Waals surface area contributed by atoms with Gasteiger partial charge in [0.25, 0.3) is 0 Å². The van der Waals surface area contributed by atoms with E-state index in [0.29, 0.717) is 6.54 Å². The molecule has 0 saturated carbocycles. The van der Waals surface area contributed by atoms with Crippen molar-refractivity contribution in [1.82, 2.24) is 20.2 Å². The van der Waals surface area contributed by atoms with Crippen molar-refractivity contribution in [1.29, 1.82) is 0 Å². The van der Waals surface area contributed by atoms with Gasteiger partial charge in [0.2, 0.25) is 11.8 Å². The number of carbonyl (C=O) groups excluding carboxylic acids is 2. The Hall–Kier alpha value is -1.98. The molecule has 1 saturated heterocycles. The van der Waals surface area contributed by atoms with Gasteiger partial charge in [-0.05, 0) is 12.0 Å². The van der Waals surface area contributed by atoms with Gasteiger partial charge in [-0.3, -0.25) is 9.59 Å². The van der Waals surface area contributed by atoms with Gasteiger partial charge in [0, 0.05) is 6.20 Å². The first-order valence-electron chi connectivity index (χ1n) is 6.45. The Morgan fingerprint density at radius 3 is 2.95 bits per heavy atom. The minimum absolute atomic E-state index is 0.0347. The van der Waals surface area contributed by atoms with Crippen LogP contribution in [-0.4, -0.2) is 39.3 Å². The molecule has 0 aliphatic carbocycles. The number of carbonyl (C=O) groups is 2. The van der Waals surface area contributed by atoms with Crippen LogP contribution in [0.1, 0.15) is 26.0 Å². The van der Waals surface area contributed by atoms with E-state index in [1.54, 1.807) is 17.2 Å². The van der Waals surface area contributed by atoms with Gasteiger partial charge in [0.1, 0.15) is 18.9 Å². The minimum Gasteiger partial charge on any atom is -0.342 e. The molecule has 1 aliphatic rings. The predicted molar refractivity (Wildman–Crippen MR) is 68.8 cm³/mol. The molecule has 6 nitrogen and oxygen atoms in total. The summed E-state index contributed by atoms with van der Waals surface area (Å²) < 4.78 is 0. The number of hydrogen-bond donors (Lipinski definition) is 1. The van der Waals surface area contributed by atoms with Crippen LogP contribution in [0.15, 0.2) is 18.6 Å². The summed E-state index contributed by atoms with van der Waals surface area (Å²) in [5, 5.41) is 2.77. The van der Waals surface area contributed by atoms with Crippen molar-refractivity contribution >= 4 is 11.8 Å². The highest BCUT2D eigenvalue weighted by Crippen LogP contribution is 2.15. The molecular formula is C13H18N4O2. The highest BCUT2D eigenvalue weighted by Gasteiger charge is 2.35. The van der Waals surface area contributed by atoms with E-state index in [1.807, 2.05) is 13.8 Å². The minimum atomic E-state index is -0.423. The summed E-state index contributed by atoms with van der Waals surface area (Å²) in [6, 6.07) is 1.32. The second-order valence-corrected chi connectivity index (χ2v) is 4.83. The second-order valence-electron chi connectivity index (χ2n) is 4.83. The molecule has 0 aromatic carbocycles. The lowest BCUT2D eigenvalue weighted by Gasteiger charge is -2.34. The Bertz CT molecular complexity index is 463. The fraction of sp³-hybridized carbons (Fsp3) is 0.538. The van der Waals surface area contributed by atoms with Crippen molar-refractivity contribution < 1.29 is 9.59 Å². The third-order valence-electron chi connectivity index (χ3n) is 3.44. The van der Waals surface area contributed by atoms with E-state index in [4.69, 9.17) is 0 Å². The predicted octanol–water partition coefficient (Wildman–Crippen LogP) is 0.350. The maximum absolute atomic E-state index is 12.3. The van der Waals surface area contributed by atoms with Crippen molar-refractivity contribution in [2.45, 2.75) is 32.9 Å². The van der Waals surface area contributed by atoms with Crippen LogP contribution in [0.2, 0.25) is 0 Å². The highest BCUT2D eigenvalue weighted by molar-refractivity contribution is 5.94. The van der Waals surface area contributed by atoms with Crippen LogP contribution < -0.4 is 5.32 Å². The molecule has 2 rings (SSSR count). The van der Waals surface area contributed by atoms with E-state index < -0.39 is 6.04 Å². The van der Waals surface area contributed by atoms with E-state index >= 15 is 0 Å². The largest absolute Gasteiger partial charge is 0.342 e. The summed E-state index contributed by atoms with van der Waals surface area (Å²) in [5.74, 6) is -0.0174. The van der Waals surface area contributed by atoms with Crippen LogP contribution >= 0.6 is 0 Å². The normalized spacial score (nSPS) is 21.2. The molecule has 2 unspecified atom stereocenters. The summed E-state index contributed by atoms with van der Waals surface area (Å²) in [6.07, 6.45) is 3.91. The van der Waals surface area contributed by atoms with E-state index in [-0.39, 0.29) is 24.3 Å². The van der Waals surface area contributed by atoms with E-state index in [2.05, 4.69) is 15.3 Å². The van der Waals surface area contributed by atoms with Gasteiger partial charge >= 0.3 is 0 Å². The average molecular weight is 262 g/mol. The molecule has 1 fully saturated rings. The molecule has 1 aromatic heterocycles. The van der Waals surface area contributed by atoms with Gasteiger partial charge in [-0.25, -0.2) is 9.97 Å². The van der Waals surface area contributed by atoms with E-state index in [9.17, 15) is 9.59 Å². The third-order valence-corrected chi connectivity index (χ3v) is 3.44. The molecule has 0 radical (unpaired) electrons. The van der Waals surface area contributed by atoms with Gasteiger partial charge in [-0.1, -0.05) is 20.3 Å². The number of nitrogens with zero attached hydrogens (tertiary/aromatic N) is 3. The molecule has 1 aromatic rings. The molecule has 1 aliphatic heterocycles. The number of aromatic nitrogens is 2. The second kappa shape index (κ2) is 5.77. The van der Waals surface area contributed by atoms with Gasteiger partial charge in [0.15, 0.2) is 0 Å². The van der Waals surface area contributed by atoms with Crippen molar-refractivity contribution in [2.24, 2.45) is 5.92 Å². The molecule has 102 valence electrons. The molecule has 2 heterocycles. The standard InChI is InChI=1S/C13H18N4O2/c1-3-9(2)12-13(19)17(7-11(18)16-12)6-10-4-5-14-8-15-10/h4-5,8-9,12H,3,6-7H2,1-2H3,(H,16,18). The van der Waals surface area contributed by atoms with Crippen molar-refractivity contribution in [3.63, 3.8) is 0 Å². The summed E-state index contributed by atoms with van der Waals surface area (Å²) in [6.45, 7) is 4.42. The summed E-state index contributed by atoms with van der Waals surface area (Å²) in [4.78, 5) is 33.5. The monoisotopic (exact) mass is 262 g/mol. The van der Waals surface area contributed by atoms with Crippen molar-refractivity contribution in [3.05, 3.63) is 24.3 Å². The zero-order valence-electron chi connectivity index (χ0n) is 11.2. The fourth-order valence-electron chi connectivity index (χ4n) is 2.09. The van der Waals surface area contributed by atoms with Gasteiger partial charge < -0.3 is 10.2 Å². The molecule has 6 heteroatoms. The van der Waals surface area contributed by atoms with Crippen LogP contribution in [0.4, 0.5) is 0 Å². The maximum Gasteiger partial charge on any atom is 0.246 e. The Morgan fingerprint density at radius 2 is 2.32 bits per heavy atom. The Balaban J connectivity index is 2.11. The van der Waals surface area contributed by atoms with Crippen LogP contribution in [0.5, 0.6) is 0 Å². The Kier molecular flexibility index (Phi) is 4.09. The number of rotatable bonds is 4. The van der Waals surface area contributed by atoms with Crippen LogP contribution in [-0.2, 0) is 16.1 Å². The van der Waals surface area contributed by atoms with E-state index in [0.717, 1.165) is 12.1 Å². The zero-order chi connectivity index (χ0) is 13.8. The zero-order valence-corrected chi connectivity index (χ0v) is 11.2. The first kappa shape index (κ1) is 13.5. The van der Waals surface area contributed by atoms with Crippen molar-refractivity contribution in [2.75, 3.05) is 6.54 Å². The lowest BCUT2D eigenvalue weighted by atomic mass is 9.96. The molecule has 2 amide bonds. The number of piperazine rings is 1. The average Bonchev–Trinajstić information content (AvgIpc) is 2.42. The Labute approximate surface area is 112 Å². The van der Waals surface area contributed by atoms with Gasteiger partial charge in [0.05, 0.1) is 12.2 Å². The van der Waals surface area contributed by atoms with Crippen LogP contribution in [0, 0.1) is 5.92 Å². The van der Waals surface area contributed by atoms with Gasteiger partial charge in [-0.2, -0.15) is 0 Å². The molecule has 0 bridgehead atoms. The lowest BCUT2D eigenvalue weighted by molar-refractivity contribution is -0.146. The quantitative estimate of drug-likeness (QED) is 0.849. The third kappa shape index (κ3) is 3.07. The topological polar surface area (TPSA) is 75.2 Å². The summed E-state index contributed by atoms with van der Waals surface area (Å²) in [7, 11) is 0. The molecule has 2 atom stereocenters. The number of amides is 2. The first-order chi connectivity index (χ1) is 9.11. The van der Waals surface area contributed by atoms with Crippen LogP contribution in [0.3, 0.4) is 0 Å². The SMILES string of the molecule is CCC(C)C1NC(=O)CN(Cc2ccncn2)C1=O. The fourth-order valence-corrected chi connectivity index (χ4v) is 2.09. The number of hydrogen-bond acceptors (Lipinski definition) is 4. The lowest BCUT2D eigenvalue weighted by Crippen LogP contribution is -2.59. The molecular weight excluding hydrogens is 244 g/mol. The van der Waals surface area contributed by atoms with Crippen LogP contribution in [0.25, 0.3) is 0 Å². The molecule has 1 N–H and O–H groups in total. The Morgan fingerprint density at radius 1 is 1.53 bits per heavy atom. The van der Waals surface area contributed by atoms with Gasteiger partial charge in [-0.15, -0.1) is 0 Å². The summed E-state index contributed by atoms with van der Waals surface area (Å²) >= 11 is 0.